The summed E-state index contributed by atoms with van der Waals surface area (Å²) in [6, 6.07) is 6.80. The third kappa shape index (κ3) is 6.74. The van der Waals surface area contributed by atoms with E-state index in [1.54, 1.807) is 4.90 Å². The summed E-state index contributed by atoms with van der Waals surface area (Å²) in [5.74, 6) is -1.37. The first-order valence-corrected chi connectivity index (χ1v) is 11.6. The maximum atomic E-state index is 12.9. The van der Waals surface area contributed by atoms with E-state index in [1.807, 2.05) is 18.7 Å². The lowest BCUT2D eigenvalue weighted by Crippen LogP contribution is -2.54. The number of hydrogen-bond donors (Lipinski definition) is 2. The molecule has 0 spiro atoms. The monoisotopic (exact) mass is 429 g/mol. The molecule has 1 unspecified atom stereocenters. The highest BCUT2D eigenvalue weighted by atomic mass is 16.3. The lowest BCUT2D eigenvalue weighted by molar-refractivity contribution is -0.135. The van der Waals surface area contributed by atoms with Crippen molar-refractivity contribution in [3.63, 3.8) is 0 Å². The molecule has 0 saturated carbocycles. The first-order chi connectivity index (χ1) is 14.8. The van der Waals surface area contributed by atoms with Crippen LogP contribution in [-0.2, 0) is 16.0 Å². The molecule has 1 saturated heterocycles. The Labute approximate surface area is 187 Å². The Morgan fingerprint density at radius 3 is 2.32 bits per heavy atom. The Balaban J connectivity index is 1.84. The summed E-state index contributed by atoms with van der Waals surface area (Å²) in [5, 5.41) is 12.8. The minimum Gasteiger partial charge on any atom is -0.501 e. The van der Waals surface area contributed by atoms with E-state index in [-0.39, 0.29) is 17.6 Å². The molecule has 6 heteroatoms. The molecule has 1 aromatic carbocycles. The van der Waals surface area contributed by atoms with Gasteiger partial charge in [0.1, 0.15) is 0 Å². The predicted molar refractivity (Wildman–Crippen MR) is 125 cm³/mol. The highest BCUT2D eigenvalue weighted by Gasteiger charge is 2.36. The van der Waals surface area contributed by atoms with Crippen molar-refractivity contribution in [1.82, 2.24) is 15.1 Å². The van der Waals surface area contributed by atoms with Gasteiger partial charge in [-0.1, -0.05) is 48.6 Å². The summed E-state index contributed by atoms with van der Waals surface area (Å²) >= 11 is 0. The van der Waals surface area contributed by atoms with E-state index in [0.29, 0.717) is 19.6 Å². The van der Waals surface area contributed by atoms with Gasteiger partial charge in [0.05, 0.1) is 0 Å². The SMILES string of the molecule is CCN1C(=O)/C(=C(\O)C(=O)NC)N(CCCCCCCc2cc(C)cc(C)c2)CC1C. The van der Waals surface area contributed by atoms with Gasteiger partial charge in [-0.3, -0.25) is 9.59 Å². The van der Waals surface area contributed by atoms with E-state index < -0.39 is 11.7 Å². The Morgan fingerprint density at radius 2 is 1.71 bits per heavy atom. The lowest BCUT2D eigenvalue weighted by Gasteiger charge is -2.41. The number of hydrogen-bond acceptors (Lipinski definition) is 4. The number of carbonyl (C=O) groups excluding carboxylic acids is 2. The van der Waals surface area contributed by atoms with Crippen molar-refractivity contribution in [2.45, 2.75) is 72.3 Å². The van der Waals surface area contributed by atoms with Gasteiger partial charge in [0.25, 0.3) is 11.8 Å². The van der Waals surface area contributed by atoms with Crippen LogP contribution in [0.4, 0.5) is 0 Å². The quantitative estimate of drug-likeness (QED) is 0.336. The van der Waals surface area contributed by atoms with Crippen LogP contribution < -0.4 is 5.32 Å². The first-order valence-electron chi connectivity index (χ1n) is 11.6. The van der Waals surface area contributed by atoms with E-state index in [9.17, 15) is 14.7 Å². The van der Waals surface area contributed by atoms with Crippen LogP contribution in [0.15, 0.2) is 29.7 Å². The number of carbonyl (C=O) groups is 2. The molecule has 31 heavy (non-hydrogen) atoms. The number of rotatable bonds is 10. The van der Waals surface area contributed by atoms with Gasteiger partial charge in [-0.05, 0) is 52.5 Å². The normalized spacial score (nSPS) is 18.4. The molecule has 172 valence electrons. The summed E-state index contributed by atoms with van der Waals surface area (Å²) in [7, 11) is 1.45. The minimum absolute atomic E-state index is 0.0523. The fourth-order valence-electron chi connectivity index (χ4n) is 4.49. The van der Waals surface area contributed by atoms with E-state index in [0.717, 1.165) is 25.7 Å². The number of aryl methyl sites for hydroxylation is 3. The van der Waals surface area contributed by atoms with Crippen molar-refractivity contribution in [2.75, 3.05) is 26.7 Å². The summed E-state index contributed by atoms with van der Waals surface area (Å²) in [4.78, 5) is 28.4. The Kier molecular flexibility index (Phi) is 9.41. The Bertz CT molecular complexity index is 783. The zero-order valence-electron chi connectivity index (χ0n) is 19.8. The molecule has 2 N–H and O–H groups in total. The summed E-state index contributed by atoms with van der Waals surface area (Å²) in [6.07, 6.45) is 6.61. The van der Waals surface area contributed by atoms with Gasteiger partial charge < -0.3 is 20.2 Å². The molecule has 2 rings (SSSR count). The van der Waals surface area contributed by atoms with Crippen molar-refractivity contribution >= 4 is 11.8 Å². The molecule has 1 atom stereocenters. The van der Waals surface area contributed by atoms with Crippen LogP contribution in [-0.4, -0.2) is 59.4 Å². The molecule has 0 radical (unpaired) electrons. The van der Waals surface area contributed by atoms with Crippen molar-refractivity contribution in [3.8, 4) is 0 Å². The largest absolute Gasteiger partial charge is 0.501 e. The average molecular weight is 430 g/mol. The maximum absolute atomic E-state index is 12.9. The second-order valence-electron chi connectivity index (χ2n) is 8.68. The van der Waals surface area contributed by atoms with E-state index in [4.69, 9.17) is 0 Å². The van der Waals surface area contributed by atoms with Gasteiger partial charge in [-0.15, -0.1) is 0 Å². The average Bonchev–Trinajstić information content (AvgIpc) is 2.71. The van der Waals surface area contributed by atoms with Crippen LogP contribution in [0.2, 0.25) is 0 Å². The van der Waals surface area contributed by atoms with Crippen molar-refractivity contribution < 1.29 is 14.7 Å². The third-order valence-corrected chi connectivity index (χ3v) is 5.98. The zero-order chi connectivity index (χ0) is 23.0. The van der Waals surface area contributed by atoms with Crippen LogP contribution in [0, 0.1) is 13.8 Å². The number of unbranched alkanes of at least 4 members (excludes halogenated alkanes) is 4. The standard InChI is InChI=1S/C25H39N3O3/c1-6-28-20(4)17-27(22(25(28)31)23(29)24(30)26-5)13-11-9-7-8-10-12-21-15-18(2)14-19(3)16-21/h14-16,20,29H,6-13,17H2,1-5H3,(H,26,30)/b23-22+. The van der Waals surface area contributed by atoms with Crippen LogP contribution in [0.25, 0.3) is 0 Å². The highest BCUT2D eigenvalue weighted by molar-refractivity contribution is 6.03. The zero-order valence-corrected chi connectivity index (χ0v) is 19.8. The Hall–Kier alpha value is -2.50. The predicted octanol–water partition coefficient (Wildman–Crippen LogP) is 3.86. The fourth-order valence-corrected chi connectivity index (χ4v) is 4.49. The van der Waals surface area contributed by atoms with Gasteiger partial charge in [-0.25, -0.2) is 0 Å². The van der Waals surface area contributed by atoms with Gasteiger partial charge in [0, 0.05) is 32.7 Å². The summed E-state index contributed by atoms with van der Waals surface area (Å²) in [6.45, 7) is 10.1. The van der Waals surface area contributed by atoms with Gasteiger partial charge in [-0.2, -0.15) is 0 Å². The summed E-state index contributed by atoms with van der Waals surface area (Å²) in [5.41, 5.74) is 4.20. The lowest BCUT2D eigenvalue weighted by atomic mass is 10.0. The van der Waals surface area contributed by atoms with Gasteiger partial charge in [0.2, 0.25) is 5.76 Å². The Morgan fingerprint density at radius 1 is 1.10 bits per heavy atom. The number of benzene rings is 1. The smallest absolute Gasteiger partial charge is 0.288 e. The number of nitrogens with one attached hydrogen (secondary N) is 1. The first kappa shape index (κ1) is 24.8. The maximum Gasteiger partial charge on any atom is 0.288 e. The van der Waals surface area contributed by atoms with Gasteiger partial charge >= 0.3 is 0 Å². The molecular formula is C25H39N3O3. The molecule has 1 aliphatic heterocycles. The minimum atomic E-state index is -0.620. The molecule has 1 aliphatic rings. The topological polar surface area (TPSA) is 72.9 Å². The molecule has 1 fully saturated rings. The third-order valence-electron chi connectivity index (χ3n) is 5.98. The number of likely N-dealkylation sites (N-methyl/N-ethyl adjacent to an activating group) is 2. The summed E-state index contributed by atoms with van der Waals surface area (Å²) < 4.78 is 0. The van der Waals surface area contributed by atoms with Crippen LogP contribution >= 0.6 is 0 Å². The number of piperazine rings is 1. The molecule has 0 aliphatic carbocycles. The van der Waals surface area contributed by atoms with Crippen LogP contribution in [0.3, 0.4) is 0 Å². The highest BCUT2D eigenvalue weighted by Crippen LogP contribution is 2.23. The molecule has 2 amide bonds. The molecule has 0 bridgehead atoms. The molecule has 6 nitrogen and oxygen atoms in total. The molecule has 1 heterocycles. The second-order valence-corrected chi connectivity index (χ2v) is 8.68. The van der Waals surface area contributed by atoms with Gasteiger partial charge in [0.15, 0.2) is 5.70 Å². The number of nitrogens with zero attached hydrogens (tertiary/aromatic N) is 2. The van der Waals surface area contributed by atoms with E-state index >= 15 is 0 Å². The van der Waals surface area contributed by atoms with Crippen LogP contribution in [0.5, 0.6) is 0 Å². The number of amides is 2. The molecule has 1 aromatic rings. The number of aliphatic hydroxyl groups is 1. The number of aliphatic hydroxyl groups excluding tert-OH is 1. The van der Waals surface area contributed by atoms with Crippen molar-refractivity contribution in [2.24, 2.45) is 0 Å². The molecule has 0 aromatic heterocycles. The van der Waals surface area contributed by atoms with Crippen LogP contribution in [0.1, 0.15) is 62.6 Å². The van der Waals surface area contributed by atoms with E-state index in [2.05, 4.69) is 37.4 Å². The fraction of sp³-hybridized carbons (Fsp3) is 0.600. The second kappa shape index (κ2) is 11.8. The molecular weight excluding hydrogens is 390 g/mol. The van der Waals surface area contributed by atoms with Crippen molar-refractivity contribution in [3.05, 3.63) is 46.3 Å². The van der Waals surface area contributed by atoms with Crippen molar-refractivity contribution in [1.29, 1.82) is 0 Å². The van der Waals surface area contributed by atoms with E-state index in [1.165, 1.54) is 36.6 Å².